The van der Waals surface area contributed by atoms with Gasteiger partial charge in [-0.2, -0.15) is 0 Å². The minimum absolute atomic E-state index is 0.0188. The van der Waals surface area contributed by atoms with Gasteiger partial charge in [-0.25, -0.2) is 4.79 Å². The van der Waals surface area contributed by atoms with Crippen LogP contribution in [0.15, 0.2) is 58.9 Å². The lowest BCUT2D eigenvalue weighted by Gasteiger charge is -2.37. The van der Waals surface area contributed by atoms with E-state index in [4.69, 9.17) is 23.7 Å². The third-order valence-corrected chi connectivity index (χ3v) is 7.18. The lowest BCUT2D eigenvalue weighted by Crippen LogP contribution is -2.36. The van der Waals surface area contributed by atoms with Crippen LogP contribution in [0.25, 0.3) is 0 Å². The van der Waals surface area contributed by atoms with Crippen molar-refractivity contribution in [2.45, 2.75) is 51.9 Å². The molecule has 8 heteroatoms. The Morgan fingerprint density at radius 2 is 1.54 bits per heavy atom. The molecular weight excluding hydrogens is 498 g/mol. The summed E-state index contributed by atoms with van der Waals surface area (Å²) in [5, 5.41) is 3.39. The largest absolute Gasteiger partial charge is 0.493 e. The maximum absolute atomic E-state index is 13.9. The predicted octanol–water partition coefficient (Wildman–Crippen LogP) is 5.43. The molecule has 1 heterocycles. The minimum atomic E-state index is -0.589. The van der Waals surface area contributed by atoms with Crippen molar-refractivity contribution in [1.29, 1.82) is 0 Å². The fourth-order valence-electron chi connectivity index (χ4n) is 5.40. The summed E-state index contributed by atoms with van der Waals surface area (Å²) in [6.45, 7) is 6.50. The second-order valence-electron chi connectivity index (χ2n) is 9.61. The van der Waals surface area contributed by atoms with E-state index in [1.807, 2.05) is 57.2 Å². The standard InChI is InChI=1S/C31H37NO7/c1-7-13-39-31(34)28-18(3)32-22-14-21(19-9-11-24(35-4)26(16-19)36-5)15-23(33)30(22)29(28)20-10-12-25(38-8-2)27(17-20)37-6/h9-12,16-17,21,29,32H,7-8,13-15H2,1-6H3/t21-,29+/m0/s1. The van der Waals surface area contributed by atoms with Crippen molar-refractivity contribution in [1.82, 2.24) is 5.32 Å². The molecule has 4 rings (SSSR count). The average molecular weight is 536 g/mol. The number of rotatable bonds is 10. The quantitative estimate of drug-likeness (QED) is 0.403. The summed E-state index contributed by atoms with van der Waals surface area (Å²) in [4.78, 5) is 27.2. The van der Waals surface area contributed by atoms with E-state index in [0.29, 0.717) is 72.3 Å². The van der Waals surface area contributed by atoms with E-state index in [0.717, 1.165) is 16.8 Å². The van der Waals surface area contributed by atoms with Gasteiger partial charge in [0, 0.05) is 29.3 Å². The van der Waals surface area contributed by atoms with Gasteiger partial charge in [0.1, 0.15) is 0 Å². The van der Waals surface area contributed by atoms with Crippen molar-refractivity contribution in [3.8, 4) is 23.0 Å². The van der Waals surface area contributed by atoms with E-state index in [1.165, 1.54) is 0 Å². The third kappa shape index (κ3) is 5.60. The van der Waals surface area contributed by atoms with Gasteiger partial charge in [-0.05, 0) is 68.0 Å². The van der Waals surface area contributed by atoms with Gasteiger partial charge < -0.3 is 29.0 Å². The summed E-state index contributed by atoms with van der Waals surface area (Å²) < 4.78 is 27.8. The Morgan fingerprint density at radius 1 is 0.897 bits per heavy atom. The van der Waals surface area contributed by atoms with Crippen LogP contribution in [0.2, 0.25) is 0 Å². The molecule has 2 aromatic rings. The number of hydrogen-bond donors (Lipinski definition) is 1. The minimum Gasteiger partial charge on any atom is -0.493 e. The Morgan fingerprint density at radius 3 is 2.21 bits per heavy atom. The Bertz CT molecular complexity index is 1310. The molecule has 39 heavy (non-hydrogen) atoms. The highest BCUT2D eigenvalue weighted by molar-refractivity contribution is 6.04. The van der Waals surface area contributed by atoms with Gasteiger partial charge in [-0.15, -0.1) is 0 Å². The van der Waals surface area contributed by atoms with Crippen molar-refractivity contribution in [2.75, 3.05) is 34.5 Å². The molecule has 0 fully saturated rings. The summed E-state index contributed by atoms with van der Waals surface area (Å²) in [6.07, 6.45) is 1.61. The summed E-state index contributed by atoms with van der Waals surface area (Å²) in [5.41, 5.74) is 4.27. The number of dihydropyridines is 1. The molecule has 0 bridgehead atoms. The average Bonchev–Trinajstić information content (AvgIpc) is 2.94. The third-order valence-electron chi connectivity index (χ3n) is 7.18. The molecule has 2 atom stereocenters. The lowest BCUT2D eigenvalue weighted by atomic mass is 9.71. The smallest absolute Gasteiger partial charge is 0.336 e. The molecule has 0 radical (unpaired) electrons. The van der Waals surface area contributed by atoms with E-state index in [-0.39, 0.29) is 11.7 Å². The van der Waals surface area contributed by atoms with Gasteiger partial charge in [0.05, 0.1) is 40.1 Å². The zero-order valence-corrected chi connectivity index (χ0v) is 23.5. The Labute approximate surface area is 229 Å². The number of Topliss-reactive ketones (excluding diaryl/α,β-unsaturated/α-hetero) is 1. The number of carbonyl (C=O) groups is 2. The second-order valence-corrected chi connectivity index (χ2v) is 9.61. The zero-order valence-electron chi connectivity index (χ0n) is 23.5. The zero-order chi connectivity index (χ0) is 28.1. The highest BCUT2D eigenvalue weighted by Crippen LogP contribution is 2.47. The number of ether oxygens (including phenoxy) is 5. The molecule has 208 valence electrons. The van der Waals surface area contributed by atoms with E-state index < -0.39 is 11.9 Å². The molecule has 8 nitrogen and oxygen atoms in total. The van der Waals surface area contributed by atoms with Crippen LogP contribution in [0.4, 0.5) is 0 Å². The maximum atomic E-state index is 13.9. The van der Waals surface area contributed by atoms with Crippen molar-refractivity contribution < 1.29 is 33.3 Å². The fourth-order valence-corrected chi connectivity index (χ4v) is 5.40. The van der Waals surface area contributed by atoms with Crippen molar-refractivity contribution in [2.24, 2.45) is 0 Å². The molecule has 2 aromatic carbocycles. The summed E-state index contributed by atoms with van der Waals surface area (Å²) in [6, 6.07) is 11.3. The Kier molecular flexibility index (Phi) is 8.84. The Hall–Kier alpha value is -3.94. The van der Waals surface area contributed by atoms with Crippen LogP contribution in [0.5, 0.6) is 23.0 Å². The van der Waals surface area contributed by atoms with E-state index in [2.05, 4.69) is 5.32 Å². The molecule has 0 saturated carbocycles. The second kappa shape index (κ2) is 12.3. The first-order valence-corrected chi connectivity index (χ1v) is 13.3. The molecule has 0 amide bonds. The molecule has 2 aliphatic rings. The first-order chi connectivity index (χ1) is 18.9. The van der Waals surface area contributed by atoms with E-state index in [9.17, 15) is 9.59 Å². The van der Waals surface area contributed by atoms with E-state index in [1.54, 1.807) is 21.3 Å². The molecule has 0 unspecified atom stereocenters. The predicted molar refractivity (Wildman–Crippen MR) is 148 cm³/mol. The fraction of sp³-hybridized carbons (Fsp3) is 0.419. The first kappa shape index (κ1) is 28.1. The van der Waals surface area contributed by atoms with Gasteiger partial charge >= 0.3 is 5.97 Å². The molecule has 0 saturated heterocycles. The molecule has 0 aromatic heterocycles. The van der Waals surface area contributed by atoms with E-state index >= 15 is 0 Å². The van der Waals surface area contributed by atoms with Crippen molar-refractivity contribution >= 4 is 11.8 Å². The summed E-state index contributed by atoms with van der Waals surface area (Å²) in [7, 11) is 4.77. The SMILES string of the molecule is CCCOC(=O)C1=C(C)NC2=C(C(=O)C[C@@H](c3ccc(OC)c(OC)c3)C2)[C@@H]1c1ccc(OCC)c(OC)c1. The Balaban J connectivity index is 1.79. The monoisotopic (exact) mass is 535 g/mol. The number of carbonyl (C=O) groups excluding carboxylic acids is 2. The number of esters is 1. The number of allylic oxidation sites excluding steroid dienone is 3. The number of hydrogen-bond acceptors (Lipinski definition) is 8. The van der Waals surface area contributed by atoms with Crippen molar-refractivity contribution in [3.63, 3.8) is 0 Å². The van der Waals surface area contributed by atoms with Gasteiger partial charge in [0.15, 0.2) is 28.8 Å². The van der Waals surface area contributed by atoms with Gasteiger partial charge in [0.2, 0.25) is 0 Å². The highest BCUT2D eigenvalue weighted by atomic mass is 16.5. The number of benzene rings is 2. The summed E-state index contributed by atoms with van der Waals surface area (Å²) in [5.74, 6) is 1.31. The van der Waals surface area contributed by atoms with Crippen molar-refractivity contribution in [3.05, 3.63) is 70.1 Å². The molecular formula is C31H37NO7. The highest BCUT2D eigenvalue weighted by Gasteiger charge is 2.41. The molecule has 0 spiro atoms. The van der Waals surface area contributed by atoms with Crippen LogP contribution < -0.4 is 24.3 Å². The van der Waals surface area contributed by atoms with Crippen LogP contribution in [0, 0.1) is 0 Å². The van der Waals surface area contributed by atoms with Gasteiger partial charge in [-0.1, -0.05) is 19.1 Å². The topological polar surface area (TPSA) is 92.3 Å². The lowest BCUT2D eigenvalue weighted by molar-refractivity contribution is -0.139. The van der Waals surface area contributed by atoms with Crippen LogP contribution >= 0.6 is 0 Å². The van der Waals surface area contributed by atoms with Crippen LogP contribution in [-0.2, 0) is 14.3 Å². The molecule has 1 aliphatic heterocycles. The number of methoxy groups -OCH3 is 3. The number of ketones is 1. The molecule has 1 aliphatic carbocycles. The van der Waals surface area contributed by atoms with Crippen LogP contribution in [0.3, 0.4) is 0 Å². The van der Waals surface area contributed by atoms with Crippen LogP contribution in [0.1, 0.15) is 63.0 Å². The first-order valence-electron chi connectivity index (χ1n) is 13.3. The number of nitrogens with one attached hydrogen (secondary N) is 1. The van der Waals surface area contributed by atoms with Crippen LogP contribution in [-0.4, -0.2) is 46.3 Å². The normalized spacial score (nSPS) is 18.8. The summed E-state index contributed by atoms with van der Waals surface area (Å²) >= 11 is 0. The van der Waals surface area contributed by atoms with Gasteiger partial charge in [0.25, 0.3) is 0 Å². The maximum Gasteiger partial charge on any atom is 0.336 e. The van der Waals surface area contributed by atoms with Gasteiger partial charge in [-0.3, -0.25) is 4.79 Å². The molecule has 1 N–H and O–H groups in total.